The molecular weight excluding hydrogens is 294 g/mol. The van der Waals surface area contributed by atoms with E-state index in [1.807, 2.05) is 23.2 Å². The number of nitrogens with zero attached hydrogens (tertiary/aromatic N) is 3. The largest absolute Gasteiger partial charge is 0.423 e. The van der Waals surface area contributed by atoms with E-state index in [0.29, 0.717) is 23.7 Å². The lowest BCUT2D eigenvalue weighted by Crippen LogP contribution is -2.55. The molecule has 23 heavy (non-hydrogen) atoms. The average Bonchev–Trinajstić information content (AvgIpc) is 3.06. The van der Waals surface area contributed by atoms with Gasteiger partial charge in [0, 0.05) is 23.3 Å². The normalized spacial score (nSPS) is 21.8. The highest BCUT2D eigenvalue weighted by molar-refractivity contribution is 5.89. The summed E-state index contributed by atoms with van der Waals surface area (Å²) in [5.74, 6) is 0.423. The van der Waals surface area contributed by atoms with E-state index in [4.69, 9.17) is 4.42 Å². The van der Waals surface area contributed by atoms with Gasteiger partial charge in [0.15, 0.2) is 0 Å². The zero-order valence-corrected chi connectivity index (χ0v) is 13.3. The molecule has 1 aliphatic rings. The summed E-state index contributed by atoms with van der Waals surface area (Å²) < 4.78 is 5.17. The highest BCUT2D eigenvalue weighted by Crippen LogP contribution is 2.22. The van der Waals surface area contributed by atoms with Crippen molar-refractivity contribution in [2.24, 2.45) is 0 Å². The second kappa shape index (κ2) is 6.78. The van der Waals surface area contributed by atoms with Crippen LogP contribution in [0.2, 0.25) is 0 Å². The minimum atomic E-state index is -0.242. The van der Waals surface area contributed by atoms with Gasteiger partial charge >= 0.3 is 6.03 Å². The van der Waals surface area contributed by atoms with E-state index in [2.05, 4.69) is 34.8 Å². The second-order valence-corrected chi connectivity index (χ2v) is 5.93. The Hall–Kier alpha value is -2.41. The molecule has 2 atom stereocenters. The summed E-state index contributed by atoms with van der Waals surface area (Å²) in [7, 11) is 0. The summed E-state index contributed by atoms with van der Waals surface area (Å²) >= 11 is 0. The quantitative estimate of drug-likeness (QED) is 0.909. The first-order valence-electron chi connectivity index (χ1n) is 7.86. The lowest BCUT2D eigenvalue weighted by molar-refractivity contribution is 0.0625. The number of hydrazine groups is 1. The van der Waals surface area contributed by atoms with Gasteiger partial charge in [0.05, 0.1) is 0 Å². The van der Waals surface area contributed by atoms with Crippen molar-refractivity contribution in [3.05, 3.63) is 30.7 Å². The molecule has 0 radical (unpaired) electrons. The van der Waals surface area contributed by atoms with Gasteiger partial charge in [-0.1, -0.05) is 12.5 Å². The molecule has 3 rings (SSSR count). The molecule has 1 aliphatic heterocycles. The van der Waals surface area contributed by atoms with Crippen molar-refractivity contribution in [1.82, 2.24) is 20.6 Å². The van der Waals surface area contributed by atoms with Crippen molar-refractivity contribution in [3.8, 4) is 11.5 Å². The lowest BCUT2D eigenvalue weighted by atomic mass is 10.00. The third-order valence-electron chi connectivity index (χ3n) is 4.15. The number of amides is 2. The standard InChI is InChI=1S/C16H21N5O2/c1-11-5-3-6-12(2)21(11)20-16(22)18-14-8-4-7-13(9-14)15-19-17-10-23-15/h4,7-12H,3,5-6H2,1-2H3,(H2,18,20,22)/t11-,12-/m1/s1. The molecule has 0 spiro atoms. The summed E-state index contributed by atoms with van der Waals surface area (Å²) in [5.41, 5.74) is 4.39. The molecule has 2 heterocycles. The van der Waals surface area contributed by atoms with Crippen LogP contribution in [0.4, 0.5) is 10.5 Å². The van der Waals surface area contributed by atoms with Gasteiger partial charge < -0.3 is 9.73 Å². The molecule has 1 aromatic heterocycles. The molecule has 0 saturated carbocycles. The summed E-state index contributed by atoms with van der Waals surface area (Å²) in [4.78, 5) is 12.3. The zero-order chi connectivity index (χ0) is 16.2. The summed E-state index contributed by atoms with van der Waals surface area (Å²) in [6.45, 7) is 4.26. The predicted molar refractivity (Wildman–Crippen MR) is 86.5 cm³/mol. The van der Waals surface area contributed by atoms with E-state index in [9.17, 15) is 4.79 Å². The molecular formula is C16H21N5O2. The third-order valence-corrected chi connectivity index (χ3v) is 4.15. The number of rotatable bonds is 3. The number of nitrogens with one attached hydrogen (secondary N) is 2. The summed E-state index contributed by atoms with van der Waals surface area (Å²) in [6.07, 6.45) is 4.67. The van der Waals surface area contributed by atoms with Gasteiger partial charge in [0.25, 0.3) is 0 Å². The summed E-state index contributed by atoms with van der Waals surface area (Å²) in [6, 6.07) is 7.75. The molecule has 1 fully saturated rings. The van der Waals surface area contributed by atoms with Crippen molar-refractivity contribution >= 4 is 11.7 Å². The molecule has 0 bridgehead atoms. The smallest absolute Gasteiger partial charge is 0.333 e. The van der Waals surface area contributed by atoms with E-state index >= 15 is 0 Å². The Morgan fingerprint density at radius 2 is 2.09 bits per heavy atom. The van der Waals surface area contributed by atoms with Crippen LogP contribution in [0.3, 0.4) is 0 Å². The number of carbonyl (C=O) groups excluding carboxylic acids is 1. The minimum Gasteiger partial charge on any atom is -0.423 e. The first-order chi connectivity index (χ1) is 11.1. The highest BCUT2D eigenvalue weighted by atomic mass is 16.4. The van der Waals surface area contributed by atoms with Gasteiger partial charge in [-0.2, -0.15) is 0 Å². The minimum absolute atomic E-state index is 0.242. The molecule has 1 saturated heterocycles. The third kappa shape index (κ3) is 3.68. The number of carbonyl (C=O) groups is 1. The topological polar surface area (TPSA) is 83.3 Å². The summed E-state index contributed by atoms with van der Waals surface area (Å²) in [5, 5.41) is 12.4. The average molecular weight is 315 g/mol. The Bertz CT molecular complexity index is 648. The van der Waals surface area contributed by atoms with E-state index in [1.54, 1.807) is 6.07 Å². The molecule has 1 aromatic carbocycles. The fourth-order valence-electron chi connectivity index (χ4n) is 2.95. The molecule has 122 valence electrons. The van der Waals surface area contributed by atoms with Crippen molar-refractivity contribution in [1.29, 1.82) is 0 Å². The van der Waals surface area contributed by atoms with Gasteiger partial charge in [-0.3, -0.25) is 5.43 Å². The van der Waals surface area contributed by atoms with Gasteiger partial charge in [-0.05, 0) is 44.9 Å². The van der Waals surface area contributed by atoms with Crippen LogP contribution in [0.15, 0.2) is 35.1 Å². The van der Waals surface area contributed by atoms with Crippen molar-refractivity contribution < 1.29 is 9.21 Å². The van der Waals surface area contributed by atoms with Crippen LogP contribution < -0.4 is 10.7 Å². The number of hydrogen-bond donors (Lipinski definition) is 2. The van der Waals surface area contributed by atoms with Crippen LogP contribution in [-0.4, -0.2) is 33.3 Å². The van der Waals surface area contributed by atoms with Crippen molar-refractivity contribution in [3.63, 3.8) is 0 Å². The first kappa shape index (κ1) is 15.5. The van der Waals surface area contributed by atoms with Crippen LogP contribution in [0, 0.1) is 0 Å². The van der Waals surface area contributed by atoms with Crippen LogP contribution in [0.25, 0.3) is 11.5 Å². The Balaban J connectivity index is 1.65. The maximum atomic E-state index is 12.3. The molecule has 2 amide bonds. The van der Waals surface area contributed by atoms with Gasteiger partial charge in [0.2, 0.25) is 12.3 Å². The lowest BCUT2D eigenvalue weighted by Gasteiger charge is -2.38. The van der Waals surface area contributed by atoms with Gasteiger partial charge in [-0.15, -0.1) is 10.2 Å². The maximum Gasteiger partial charge on any atom is 0.333 e. The number of urea groups is 1. The van der Waals surface area contributed by atoms with E-state index in [1.165, 1.54) is 12.8 Å². The molecule has 2 N–H and O–H groups in total. The van der Waals surface area contributed by atoms with Gasteiger partial charge in [0.1, 0.15) is 0 Å². The molecule has 0 unspecified atom stereocenters. The van der Waals surface area contributed by atoms with Crippen LogP contribution in [-0.2, 0) is 0 Å². The van der Waals surface area contributed by atoms with Crippen molar-refractivity contribution in [2.45, 2.75) is 45.2 Å². The number of anilines is 1. The Morgan fingerprint density at radius 3 is 2.78 bits per heavy atom. The van der Waals surface area contributed by atoms with Crippen LogP contribution >= 0.6 is 0 Å². The monoisotopic (exact) mass is 315 g/mol. The molecule has 2 aromatic rings. The number of hydrogen-bond acceptors (Lipinski definition) is 5. The SMILES string of the molecule is C[C@@H]1CCC[C@@H](C)N1NC(=O)Nc1cccc(-c2nnco2)c1. The Morgan fingerprint density at radius 1 is 1.30 bits per heavy atom. The predicted octanol–water partition coefficient (Wildman–Crippen LogP) is 3.04. The van der Waals surface area contributed by atoms with E-state index < -0.39 is 0 Å². The number of piperidine rings is 1. The van der Waals surface area contributed by atoms with Crippen LogP contribution in [0.5, 0.6) is 0 Å². The fraction of sp³-hybridized carbons (Fsp3) is 0.438. The molecule has 7 heteroatoms. The number of benzene rings is 1. The molecule has 0 aliphatic carbocycles. The Kier molecular flexibility index (Phi) is 4.57. The highest BCUT2D eigenvalue weighted by Gasteiger charge is 2.26. The Labute approximate surface area is 135 Å². The first-order valence-corrected chi connectivity index (χ1v) is 7.86. The van der Waals surface area contributed by atoms with Crippen molar-refractivity contribution in [2.75, 3.05) is 5.32 Å². The second-order valence-electron chi connectivity index (χ2n) is 5.93. The maximum absolute atomic E-state index is 12.3. The fourth-order valence-corrected chi connectivity index (χ4v) is 2.95. The molecule has 7 nitrogen and oxygen atoms in total. The van der Waals surface area contributed by atoms with Crippen LogP contribution in [0.1, 0.15) is 33.1 Å². The van der Waals surface area contributed by atoms with E-state index in [-0.39, 0.29) is 6.03 Å². The zero-order valence-electron chi connectivity index (χ0n) is 13.3. The number of aromatic nitrogens is 2. The van der Waals surface area contributed by atoms with Gasteiger partial charge in [-0.25, -0.2) is 9.80 Å². The van der Waals surface area contributed by atoms with E-state index in [0.717, 1.165) is 18.4 Å².